The van der Waals surface area contributed by atoms with Crippen LogP contribution >= 0.6 is 0 Å². The van der Waals surface area contributed by atoms with E-state index >= 15 is 0 Å². The number of hydrogen-bond donors (Lipinski definition) is 1. The van der Waals surface area contributed by atoms with E-state index in [9.17, 15) is 4.79 Å². The number of nitrogen functional groups attached to an aromatic ring is 1. The van der Waals surface area contributed by atoms with Gasteiger partial charge in [-0.2, -0.15) is 0 Å². The summed E-state index contributed by atoms with van der Waals surface area (Å²) in [4.78, 5) is 16.5. The number of carbonyl (C=O) groups excluding carboxylic acids is 1. The zero-order chi connectivity index (χ0) is 16.2. The number of aromatic nitrogens is 2. The number of imidazole rings is 1. The Labute approximate surface area is 134 Å². The predicted molar refractivity (Wildman–Crippen MR) is 90.0 cm³/mol. The summed E-state index contributed by atoms with van der Waals surface area (Å²) in [6.07, 6.45) is 2.00. The number of anilines is 1. The fourth-order valence-corrected chi connectivity index (χ4v) is 2.72. The molecule has 1 aromatic heterocycles. The number of nitrogens with zero attached hydrogens (tertiary/aromatic N) is 2. The van der Waals surface area contributed by atoms with E-state index in [1.807, 2.05) is 60.0 Å². The van der Waals surface area contributed by atoms with Gasteiger partial charge in [-0.3, -0.25) is 4.79 Å². The summed E-state index contributed by atoms with van der Waals surface area (Å²) in [6.45, 7) is 2.18. The first-order chi connectivity index (χ1) is 11.2. The van der Waals surface area contributed by atoms with Crippen molar-refractivity contribution in [2.75, 3.05) is 12.3 Å². The largest absolute Gasteiger partial charge is 0.466 e. The van der Waals surface area contributed by atoms with Crippen LogP contribution in [0, 0.1) is 0 Å². The minimum Gasteiger partial charge on any atom is -0.466 e. The highest BCUT2D eigenvalue weighted by atomic mass is 16.5. The molecule has 0 bridgehead atoms. The van der Waals surface area contributed by atoms with E-state index in [0.717, 1.165) is 16.6 Å². The maximum Gasteiger partial charge on any atom is 0.308 e. The van der Waals surface area contributed by atoms with Crippen molar-refractivity contribution >= 4 is 22.7 Å². The number of fused-ring (bicyclic) bond motifs is 1. The topological polar surface area (TPSA) is 70.1 Å². The predicted octanol–water partition coefficient (Wildman–Crippen LogP) is 3.16. The Kier molecular flexibility index (Phi) is 4.28. The molecule has 5 heteroatoms. The third-order valence-electron chi connectivity index (χ3n) is 3.78. The molecule has 2 aromatic carbocycles. The number of ether oxygens (including phenoxy) is 1. The van der Waals surface area contributed by atoms with E-state index in [2.05, 4.69) is 4.98 Å². The van der Waals surface area contributed by atoms with Crippen molar-refractivity contribution in [2.24, 2.45) is 0 Å². The molecule has 1 atom stereocenters. The Balaban J connectivity index is 2.06. The van der Waals surface area contributed by atoms with Gasteiger partial charge in [-0.25, -0.2) is 4.98 Å². The lowest BCUT2D eigenvalue weighted by Gasteiger charge is -2.19. The molecule has 1 unspecified atom stereocenters. The van der Waals surface area contributed by atoms with E-state index < -0.39 is 0 Å². The summed E-state index contributed by atoms with van der Waals surface area (Å²) in [5.74, 6) is -0.230. The maximum atomic E-state index is 12.0. The van der Waals surface area contributed by atoms with Crippen molar-refractivity contribution in [1.82, 2.24) is 9.55 Å². The third-order valence-corrected chi connectivity index (χ3v) is 3.78. The molecule has 0 aliphatic carbocycles. The van der Waals surface area contributed by atoms with Crippen molar-refractivity contribution in [3.8, 4) is 0 Å². The van der Waals surface area contributed by atoms with Crippen LogP contribution in [0.25, 0.3) is 11.0 Å². The molecule has 3 aromatic rings. The van der Waals surface area contributed by atoms with E-state index in [1.54, 1.807) is 6.33 Å². The number of carbonyl (C=O) groups is 1. The number of nitrogens with two attached hydrogens (primary N) is 1. The molecule has 1 heterocycles. The zero-order valence-electron chi connectivity index (χ0n) is 13.0. The van der Waals surface area contributed by atoms with Crippen molar-refractivity contribution in [1.29, 1.82) is 0 Å². The molecule has 3 rings (SSSR count). The second-order valence-electron chi connectivity index (χ2n) is 5.34. The van der Waals surface area contributed by atoms with Crippen molar-refractivity contribution in [3.63, 3.8) is 0 Å². The highest BCUT2D eigenvalue weighted by Crippen LogP contribution is 2.27. The molecule has 2 N–H and O–H groups in total. The van der Waals surface area contributed by atoms with Crippen molar-refractivity contribution < 1.29 is 9.53 Å². The number of rotatable bonds is 5. The van der Waals surface area contributed by atoms with E-state index in [1.165, 1.54) is 0 Å². The average molecular weight is 309 g/mol. The fraction of sp³-hybridized carbons (Fsp3) is 0.222. The molecular weight excluding hydrogens is 290 g/mol. The van der Waals surface area contributed by atoms with E-state index in [4.69, 9.17) is 10.5 Å². The summed E-state index contributed by atoms with van der Waals surface area (Å²) in [6, 6.07) is 15.3. The Morgan fingerprint density at radius 1 is 1.26 bits per heavy atom. The first-order valence-corrected chi connectivity index (χ1v) is 7.61. The highest BCUT2D eigenvalue weighted by Gasteiger charge is 2.20. The van der Waals surface area contributed by atoms with E-state index in [-0.39, 0.29) is 18.4 Å². The molecule has 0 saturated carbocycles. The number of esters is 1. The van der Waals surface area contributed by atoms with E-state index in [0.29, 0.717) is 12.3 Å². The highest BCUT2D eigenvalue weighted by molar-refractivity contribution is 5.80. The molecule has 118 valence electrons. The molecule has 0 amide bonds. The normalized spacial score (nSPS) is 12.2. The van der Waals surface area contributed by atoms with Crippen LogP contribution in [-0.2, 0) is 9.53 Å². The zero-order valence-corrected chi connectivity index (χ0v) is 13.0. The van der Waals surface area contributed by atoms with Gasteiger partial charge in [0.15, 0.2) is 0 Å². The molecular formula is C18H19N3O2. The lowest BCUT2D eigenvalue weighted by atomic mass is 10.0. The monoisotopic (exact) mass is 309 g/mol. The van der Waals surface area contributed by atoms with Crippen LogP contribution in [0.3, 0.4) is 0 Å². The Morgan fingerprint density at radius 2 is 2.04 bits per heavy atom. The lowest BCUT2D eigenvalue weighted by Crippen LogP contribution is -2.16. The summed E-state index contributed by atoms with van der Waals surface area (Å²) >= 11 is 0. The Morgan fingerprint density at radius 3 is 2.78 bits per heavy atom. The van der Waals surface area contributed by atoms with Crippen LogP contribution in [0.2, 0.25) is 0 Å². The smallest absolute Gasteiger partial charge is 0.308 e. The van der Waals surface area contributed by atoms with Crippen molar-refractivity contribution in [2.45, 2.75) is 19.4 Å². The first kappa shape index (κ1) is 15.1. The second kappa shape index (κ2) is 6.52. The van der Waals surface area contributed by atoms with Gasteiger partial charge in [0.05, 0.1) is 36.4 Å². The second-order valence-corrected chi connectivity index (χ2v) is 5.34. The molecule has 0 spiro atoms. The molecule has 0 aliphatic heterocycles. The van der Waals surface area contributed by atoms with Crippen LogP contribution in [-0.4, -0.2) is 22.1 Å². The standard InChI is InChI=1S/C18H19N3O2/c1-2-23-18(22)11-16(13-6-4-3-5-7-13)21-12-20-15-9-8-14(19)10-17(15)21/h3-10,12,16H,2,11,19H2,1H3. The van der Waals surface area contributed by atoms with Gasteiger partial charge >= 0.3 is 5.97 Å². The quantitative estimate of drug-likeness (QED) is 0.580. The molecule has 23 heavy (non-hydrogen) atoms. The SMILES string of the molecule is CCOC(=O)CC(c1ccccc1)n1cnc2ccc(N)cc21. The molecule has 5 nitrogen and oxygen atoms in total. The van der Waals surface area contributed by atoms with Gasteiger partial charge in [0.2, 0.25) is 0 Å². The maximum absolute atomic E-state index is 12.0. The first-order valence-electron chi connectivity index (χ1n) is 7.61. The van der Waals surface area contributed by atoms with Crippen LogP contribution in [0.15, 0.2) is 54.9 Å². The fourth-order valence-electron chi connectivity index (χ4n) is 2.72. The summed E-state index contributed by atoms with van der Waals surface area (Å²) in [7, 11) is 0. The van der Waals surface area contributed by atoms with Crippen LogP contribution in [0.1, 0.15) is 24.9 Å². The van der Waals surface area contributed by atoms with Gasteiger partial charge in [-0.1, -0.05) is 30.3 Å². The third kappa shape index (κ3) is 3.18. The minimum absolute atomic E-state index is 0.179. The summed E-state index contributed by atoms with van der Waals surface area (Å²) < 4.78 is 7.11. The van der Waals surface area contributed by atoms with Gasteiger partial charge in [-0.05, 0) is 30.7 Å². The van der Waals surface area contributed by atoms with Gasteiger partial charge in [0.1, 0.15) is 0 Å². The van der Waals surface area contributed by atoms with Crippen LogP contribution < -0.4 is 5.73 Å². The molecule has 0 radical (unpaired) electrons. The Hall–Kier alpha value is -2.82. The van der Waals surface area contributed by atoms with Crippen LogP contribution in [0.4, 0.5) is 5.69 Å². The summed E-state index contributed by atoms with van der Waals surface area (Å²) in [5, 5.41) is 0. The van der Waals surface area contributed by atoms with Gasteiger partial charge in [0.25, 0.3) is 0 Å². The molecule has 0 aliphatic rings. The number of benzene rings is 2. The summed E-state index contributed by atoms with van der Waals surface area (Å²) in [5.41, 5.74) is 9.36. The average Bonchev–Trinajstić information content (AvgIpc) is 2.96. The van der Waals surface area contributed by atoms with Crippen LogP contribution in [0.5, 0.6) is 0 Å². The van der Waals surface area contributed by atoms with Gasteiger partial charge in [0, 0.05) is 5.69 Å². The number of hydrogen-bond acceptors (Lipinski definition) is 4. The molecule has 0 saturated heterocycles. The van der Waals surface area contributed by atoms with Gasteiger partial charge in [-0.15, -0.1) is 0 Å². The minimum atomic E-state index is -0.230. The van der Waals surface area contributed by atoms with Gasteiger partial charge < -0.3 is 15.0 Å². The van der Waals surface area contributed by atoms with Crippen molar-refractivity contribution in [3.05, 3.63) is 60.4 Å². The molecule has 0 fully saturated rings. The lowest BCUT2D eigenvalue weighted by molar-refractivity contribution is -0.143. The Bertz CT molecular complexity index is 812.